The molecule has 3 atom stereocenters. The van der Waals surface area contributed by atoms with E-state index in [2.05, 4.69) is 5.32 Å². The average Bonchev–Trinajstić information content (AvgIpc) is 2.77. The number of aromatic carboxylic acids is 1. The highest BCUT2D eigenvalue weighted by Crippen LogP contribution is 2.61. The summed E-state index contributed by atoms with van der Waals surface area (Å²) in [6.07, 6.45) is 5.55. The number of amides is 1. The minimum absolute atomic E-state index is 0.0765. The second-order valence-electron chi connectivity index (χ2n) is 10.4. The molecule has 4 saturated carbocycles. The highest BCUT2D eigenvalue weighted by atomic mass is 16.5. The van der Waals surface area contributed by atoms with Crippen LogP contribution in [0.25, 0.3) is 0 Å². The first-order chi connectivity index (χ1) is 15.8. The predicted molar refractivity (Wildman–Crippen MR) is 123 cm³/mol. The molecule has 3 N–H and O–H groups in total. The lowest BCUT2D eigenvalue weighted by Crippen LogP contribution is -2.60. The lowest BCUT2D eigenvalue weighted by Gasteiger charge is -2.59. The van der Waals surface area contributed by atoms with E-state index in [0.29, 0.717) is 37.0 Å². The van der Waals surface area contributed by atoms with Gasteiger partial charge >= 0.3 is 5.97 Å². The Labute approximate surface area is 194 Å². The van der Waals surface area contributed by atoms with Gasteiger partial charge in [0.1, 0.15) is 11.9 Å². The number of aliphatic hydroxyl groups is 1. The lowest BCUT2D eigenvalue weighted by molar-refractivity contribution is -0.178. The van der Waals surface area contributed by atoms with Crippen LogP contribution in [0.1, 0.15) is 67.0 Å². The number of rotatable bonds is 8. The van der Waals surface area contributed by atoms with Crippen LogP contribution in [0.3, 0.4) is 0 Å². The van der Waals surface area contributed by atoms with Crippen molar-refractivity contribution in [3.8, 4) is 5.75 Å². The number of carbonyl (C=O) groups excluding carboxylic acids is 1. The maximum absolute atomic E-state index is 13.3. The molecule has 4 fully saturated rings. The molecule has 33 heavy (non-hydrogen) atoms. The first-order valence-corrected chi connectivity index (χ1v) is 11.9. The molecular formula is C27H31NO5. The van der Waals surface area contributed by atoms with Gasteiger partial charge in [0, 0.05) is 13.0 Å². The summed E-state index contributed by atoms with van der Waals surface area (Å²) in [5.41, 5.74) is 0.134. The van der Waals surface area contributed by atoms with E-state index in [1.54, 1.807) is 12.1 Å². The van der Waals surface area contributed by atoms with Crippen LogP contribution in [0.15, 0.2) is 54.6 Å². The Morgan fingerprint density at radius 1 is 1.00 bits per heavy atom. The van der Waals surface area contributed by atoms with Crippen molar-refractivity contribution < 1.29 is 24.5 Å². The maximum atomic E-state index is 13.3. The van der Waals surface area contributed by atoms with Crippen LogP contribution in [0.4, 0.5) is 0 Å². The quantitative estimate of drug-likeness (QED) is 0.557. The summed E-state index contributed by atoms with van der Waals surface area (Å²) in [6, 6.07) is 16.2. The highest BCUT2D eigenvalue weighted by molar-refractivity contribution is 5.87. The zero-order chi connectivity index (χ0) is 23.1. The normalized spacial score (nSPS) is 30.6. The van der Waals surface area contributed by atoms with Crippen molar-refractivity contribution in [2.45, 2.75) is 56.7 Å². The first kappa shape index (κ1) is 22.0. The Morgan fingerprint density at radius 2 is 1.67 bits per heavy atom. The van der Waals surface area contributed by atoms with E-state index in [1.807, 2.05) is 30.3 Å². The molecule has 4 aliphatic rings. The van der Waals surface area contributed by atoms with Gasteiger partial charge in [-0.2, -0.15) is 0 Å². The first-order valence-electron chi connectivity index (χ1n) is 11.9. The molecule has 2 aromatic rings. The summed E-state index contributed by atoms with van der Waals surface area (Å²) in [6.45, 7) is 0.473. The molecule has 0 saturated heterocycles. The van der Waals surface area contributed by atoms with Crippen LogP contribution in [-0.4, -0.2) is 34.2 Å². The number of carboxylic acids is 1. The molecule has 4 aliphatic carbocycles. The molecule has 0 radical (unpaired) electrons. The second-order valence-corrected chi connectivity index (χ2v) is 10.4. The van der Waals surface area contributed by atoms with Crippen LogP contribution in [-0.2, 0) is 4.79 Å². The second kappa shape index (κ2) is 8.49. The van der Waals surface area contributed by atoms with Gasteiger partial charge in [0.25, 0.3) is 0 Å². The van der Waals surface area contributed by atoms with Crippen LogP contribution in [0, 0.1) is 17.3 Å². The number of benzene rings is 2. The van der Waals surface area contributed by atoms with Crippen molar-refractivity contribution in [1.82, 2.24) is 5.32 Å². The third-order valence-electron chi connectivity index (χ3n) is 7.75. The SMILES string of the molecule is O=C(O)c1ccc(OC(CCNC(=O)C23CC4CC(CC(O)(C4)C2)C3)c2ccccc2)cc1. The van der Waals surface area contributed by atoms with Crippen molar-refractivity contribution in [2.24, 2.45) is 17.3 Å². The van der Waals surface area contributed by atoms with Crippen LogP contribution >= 0.6 is 0 Å². The Bertz CT molecular complexity index is 1000. The van der Waals surface area contributed by atoms with E-state index in [1.165, 1.54) is 12.1 Å². The Balaban J connectivity index is 1.24. The lowest BCUT2D eigenvalue weighted by atomic mass is 9.47. The minimum Gasteiger partial charge on any atom is -0.486 e. The fraction of sp³-hybridized carbons (Fsp3) is 0.481. The van der Waals surface area contributed by atoms with E-state index in [9.17, 15) is 14.7 Å². The van der Waals surface area contributed by atoms with Gasteiger partial charge in [-0.05, 0) is 80.2 Å². The van der Waals surface area contributed by atoms with Gasteiger partial charge in [-0.1, -0.05) is 30.3 Å². The van der Waals surface area contributed by atoms with E-state index >= 15 is 0 Å². The van der Waals surface area contributed by atoms with Gasteiger partial charge in [0.2, 0.25) is 5.91 Å². The van der Waals surface area contributed by atoms with Crippen molar-refractivity contribution in [2.75, 3.05) is 6.54 Å². The topological polar surface area (TPSA) is 95.9 Å². The van der Waals surface area contributed by atoms with Crippen molar-refractivity contribution in [3.05, 3.63) is 65.7 Å². The number of carbonyl (C=O) groups is 2. The zero-order valence-corrected chi connectivity index (χ0v) is 18.7. The molecule has 6 nitrogen and oxygen atoms in total. The molecule has 6 rings (SSSR count). The average molecular weight is 450 g/mol. The summed E-state index contributed by atoms with van der Waals surface area (Å²) in [5.74, 6) is 0.627. The Kier molecular flexibility index (Phi) is 5.65. The van der Waals surface area contributed by atoms with Crippen LogP contribution in [0.2, 0.25) is 0 Å². The van der Waals surface area contributed by atoms with Gasteiger partial charge in [-0.3, -0.25) is 4.79 Å². The summed E-state index contributed by atoms with van der Waals surface area (Å²) in [5, 5.41) is 23.2. The predicted octanol–water partition coefficient (Wildman–Crippen LogP) is 4.34. The van der Waals surface area contributed by atoms with E-state index in [4.69, 9.17) is 9.84 Å². The van der Waals surface area contributed by atoms with Gasteiger partial charge < -0.3 is 20.3 Å². The van der Waals surface area contributed by atoms with Gasteiger partial charge in [0.05, 0.1) is 16.6 Å². The van der Waals surface area contributed by atoms with Gasteiger partial charge in [0.15, 0.2) is 0 Å². The molecule has 0 spiro atoms. The third kappa shape index (κ3) is 4.49. The van der Waals surface area contributed by atoms with E-state index < -0.39 is 17.0 Å². The number of hydrogen-bond acceptors (Lipinski definition) is 4. The molecule has 174 valence electrons. The van der Waals surface area contributed by atoms with Gasteiger partial charge in [-0.15, -0.1) is 0 Å². The van der Waals surface area contributed by atoms with Crippen LogP contribution < -0.4 is 10.1 Å². The van der Waals surface area contributed by atoms with Crippen LogP contribution in [0.5, 0.6) is 5.75 Å². The summed E-state index contributed by atoms with van der Waals surface area (Å²) in [4.78, 5) is 24.4. The third-order valence-corrected chi connectivity index (χ3v) is 7.75. The molecule has 0 aromatic heterocycles. The minimum atomic E-state index is -0.974. The molecular weight excluding hydrogens is 418 g/mol. The molecule has 3 unspecified atom stereocenters. The van der Waals surface area contributed by atoms with Crippen molar-refractivity contribution in [3.63, 3.8) is 0 Å². The molecule has 6 heteroatoms. The standard InChI is InChI=1S/C27H31NO5/c29-24(30)21-6-8-22(9-7-21)33-23(20-4-2-1-3-5-20)10-11-28-25(31)26-13-18-12-19(14-26)16-27(32,15-18)17-26/h1-9,18-19,23,32H,10-17H2,(H,28,31)(H,29,30). The number of hydrogen-bond donors (Lipinski definition) is 3. The molecule has 4 bridgehead atoms. The molecule has 2 aromatic carbocycles. The smallest absolute Gasteiger partial charge is 0.335 e. The zero-order valence-electron chi connectivity index (χ0n) is 18.7. The van der Waals surface area contributed by atoms with Crippen molar-refractivity contribution >= 4 is 11.9 Å². The largest absolute Gasteiger partial charge is 0.486 e. The Morgan fingerprint density at radius 3 is 2.27 bits per heavy atom. The Hall–Kier alpha value is -2.86. The van der Waals surface area contributed by atoms with E-state index in [-0.39, 0.29) is 17.6 Å². The highest BCUT2D eigenvalue weighted by Gasteiger charge is 2.60. The fourth-order valence-electron chi connectivity index (χ4n) is 6.79. The molecule has 0 aliphatic heterocycles. The number of ether oxygens (including phenoxy) is 1. The monoisotopic (exact) mass is 449 g/mol. The summed E-state index contributed by atoms with van der Waals surface area (Å²) in [7, 11) is 0. The summed E-state index contributed by atoms with van der Waals surface area (Å²) >= 11 is 0. The number of carboxylic acid groups (broad SMARTS) is 1. The molecule has 1 amide bonds. The van der Waals surface area contributed by atoms with E-state index in [0.717, 1.165) is 37.7 Å². The maximum Gasteiger partial charge on any atom is 0.335 e. The summed E-state index contributed by atoms with van der Waals surface area (Å²) < 4.78 is 6.20. The fourth-order valence-corrected chi connectivity index (χ4v) is 6.79. The number of nitrogens with one attached hydrogen (secondary N) is 1. The molecule has 0 heterocycles. The van der Waals surface area contributed by atoms with Crippen molar-refractivity contribution in [1.29, 1.82) is 0 Å². The van der Waals surface area contributed by atoms with Gasteiger partial charge in [-0.25, -0.2) is 4.79 Å².